The van der Waals surface area contributed by atoms with Crippen molar-refractivity contribution in [2.24, 2.45) is 16.1 Å². The maximum absolute atomic E-state index is 11.5. The van der Waals surface area contributed by atoms with E-state index in [9.17, 15) is 9.59 Å². The summed E-state index contributed by atoms with van der Waals surface area (Å²) in [6.07, 6.45) is 2.28. The number of hydrogen-bond donors (Lipinski definition) is 2. The van der Waals surface area contributed by atoms with E-state index in [1.165, 1.54) is 11.3 Å². The molecule has 0 unspecified atom stereocenters. The highest BCUT2D eigenvalue weighted by Gasteiger charge is 2.26. The van der Waals surface area contributed by atoms with Crippen LogP contribution in [0.4, 0.5) is 0 Å². The van der Waals surface area contributed by atoms with Crippen LogP contribution >= 0.6 is 11.3 Å². The fourth-order valence-electron chi connectivity index (χ4n) is 1.69. The lowest BCUT2D eigenvalue weighted by Gasteiger charge is -2.05. The summed E-state index contributed by atoms with van der Waals surface area (Å²) in [7, 11) is 0. The maximum Gasteiger partial charge on any atom is 0.248 e. The summed E-state index contributed by atoms with van der Waals surface area (Å²) in [5.74, 6) is -0.653. The molecule has 0 saturated heterocycles. The summed E-state index contributed by atoms with van der Waals surface area (Å²) >= 11 is 1.54. The predicted octanol–water partition coefficient (Wildman–Crippen LogP) is 1.10. The fourth-order valence-corrected chi connectivity index (χ4v) is 2.28. The third-order valence-electron chi connectivity index (χ3n) is 2.75. The molecule has 0 spiro atoms. The number of nitrogens with one attached hydrogen (secondary N) is 2. The molecule has 2 rings (SSSR count). The van der Waals surface area contributed by atoms with E-state index in [1.807, 2.05) is 17.5 Å². The summed E-state index contributed by atoms with van der Waals surface area (Å²) in [4.78, 5) is 23.9. The second kappa shape index (κ2) is 6.24. The number of nitrogens with zero attached hydrogens (tertiary/aromatic N) is 2. The van der Waals surface area contributed by atoms with E-state index < -0.39 is 0 Å². The molecule has 2 amide bonds. The van der Waals surface area contributed by atoms with E-state index in [0.29, 0.717) is 6.42 Å². The van der Waals surface area contributed by atoms with E-state index >= 15 is 0 Å². The lowest BCUT2D eigenvalue weighted by molar-refractivity contribution is -0.123. The van der Waals surface area contributed by atoms with E-state index in [2.05, 4.69) is 21.1 Å². The van der Waals surface area contributed by atoms with Gasteiger partial charge in [0.25, 0.3) is 0 Å². The van der Waals surface area contributed by atoms with Crippen molar-refractivity contribution in [3.05, 3.63) is 22.4 Å². The molecule has 19 heavy (non-hydrogen) atoms. The second-order valence-electron chi connectivity index (χ2n) is 4.13. The summed E-state index contributed by atoms with van der Waals surface area (Å²) in [5, 5.41) is 9.62. The smallest absolute Gasteiger partial charge is 0.248 e. The molecule has 0 aliphatic carbocycles. The number of carbonyl (C=O) groups excluding carboxylic acids is 2. The number of hydrazone groups is 2. The van der Waals surface area contributed by atoms with E-state index in [-0.39, 0.29) is 24.2 Å². The largest absolute Gasteiger partial charge is 0.273 e. The van der Waals surface area contributed by atoms with Crippen LogP contribution in [-0.2, 0) is 9.59 Å². The molecule has 0 radical (unpaired) electrons. The van der Waals surface area contributed by atoms with Crippen LogP contribution in [0, 0.1) is 5.92 Å². The lowest BCUT2D eigenvalue weighted by atomic mass is 9.99. The SMILES string of the molecule is CC1=NNC(=O)[C@@H]1CCC(=O)N/N=C\c1cccs1. The van der Waals surface area contributed by atoms with Crippen molar-refractivity contribution in [1.82, 2.24) is 10.9 Å². The van der Waals surface area contributed by atoms with Gasteiger partial charge in [-0.2, -0.15) is 10.2 Å². The average molecular weight is 278 g/mol. The number of hydrogen-bond acceptors (Lipinski definition) is 5. The monoisotopic (exact) mass is 278 g/mol. The van der Waals surface area contributed by atoms with Crippen LogP contribution in [0.3, 0.4) is 0 Å². The Kier molecular flexibility index (Phi) is 4.40. The Bertz CT molecular complexity index is 522. The normalized spacial score (nSPS) is 18.5. The van der Waals surface area contributed by atoms with Crippen molar-refractivity contribution in [1.29, 1.82) is 0 Å². The highest BCUT2D eigenvalue weighted by molar-refractivity contribution is 7.11. The zero-order valence-corrected chi connectivity index (χ0v) is 11.2. The Morgan fingerprint density at radius 1 is 1.68 bits per heavy atom. The second-order valence-corrected chi connectivity index (χ2v) is 5.11. The van der Waals surface area contributed by atoms with Crippen LogP contribution in [0.1, 0.15) is 24.6 Å². The number of rotatable bonds is 5. The van der Waals surface area contributed by atoms with Crippen molar-refractivity contribution < 1.29 is 9.59 Å². The average Bonchev–Trinajstić information content (AvgIpc) is 2.99. The molecule has 2 N–H and O–H groups in total. The van der Waals surface area contributed by atoms with Gasteiger partial charge in [-0.25, -0.2) is 10.9 Å². The predicted molar refractivity (Wildman–Crippen MR) is 74.0 cm³/mol. The Morgan fingerprint density at radius 3 is 3.16 bits per heavy atom. The van der Waals surface area contributed by atoms with Crippen LogP contribution in [0.25, 0.3) is 0 Å². The molecule has 1 aliphatic heterocycles. The molecule has 100 valence electrons. The summed E-state index contributed by atoms with van der Waals surface area (Å²) in [5.41, 5.74) is 5.56. The van der Waals surface area contributed by atoms with Gasteiger partial charge in [-0.1, -0.05) is 6.07 Å². The number of thiophene rings is 1. The first-order valence-corrected chi connectivity index (χ1v) is 6.74. The lowest BCUT2D eigenvalue weighted by Crippen LogP contribution is -2.25. The maximum atomic E-state index is 11.5. The molecule has 7 heteroatoms. The zero-order valence-electron chi connectivity index (χ0n) is 10.4. The Labute approximate surface area is 114 Å². The van der Waals surface area contributed by atoms with Crippen molar-refractivity contribution in [3.8, 4) is 0 Å². The van der Waals surface area contributed by atoms with Gasteiger partial charge in [0.15, 0.2) is 0 Å². The third-order valence-corrected chi connectivity index (χ3v) is 3.55. The third kappa shape index (κ3) is 3.72. The van der Waals surface area contributed by atoms with Crippen molar-refractivity contribution in [2.45, 2.75) is 19.8 Å². The first-order chi connectivity index (χ1) is 9.16. The minimum absolute atomic E-state index is 0.146. The molecule has 0 aromatic carbocycles. The van der Waals surface area contributed by atoms with Crippen LogP contribution in [0.2, 0.25) is 0 Å². The Balaban J connectivity index is 1.73. The van der Waals surface area contributed by atoms with Gasteiger partial charge >= 0.3 is 0 Å². The van der Waals surface area contributed by atoms with Gasteiger partial charge in [-0.05, 0) is 24.8 Å². The summed E-state index contributed by atoms with van der Waals surface area (Å²) in [6.45, 7) is 1.77. The number of amides is 2. The molecule has 0 fully saturated rings. The van der Waals surface area contributed by atoms with E-state index in [1.54, 1.807) is 13.1 Å². The van der Waals surface area contributed by atoms with Crippen LogP contribution in [0.15, 0.2) is 27.7 Å². The standard InChI is InChI=1S/C12H14N4O2S/c1-8-10(12(18)16-14-8)4-5-11(17)15-13-7-9-3-2-6-19-9/h2-3,6-7,10H,4-5H2,1H3,(H,15,17)(H,16,18)/b13-7-/t10-/m1/s1. The van der Waals surface area contributed by atoms with Crippen molar-refractivity contribution in [2.75, 3.05) is 0 Å². The first-order valence-electron chi connectivity index (χ1n) is 5.86. The van der Waals surface area contributed by atoms with E-state index in [4.69, 9.17) is 0 Å². The number of carbonyl (C=O) groups is 2. The molecule has 1 aromatic heterocycles. The van der Waals surface area contributed by atoms with Gasteiger partial charge in [-0.15, -0.1) is 11.3 Å². The quantitative estimate of drug-likeness (QED) is 0.624. The molecule has 6 nitrogen and oxygen atoms in total. The molecule has 1 aliphatic rings. The zero-order chi connectivity index (χ0) is 13.7. The molecular formula is C12H14N4O2S. The molecule has 0 bridgehead atoms. The van der Waals surface area contributed by atoms with Gasteiger partial charge in [0.2, 0.25) is 11.8 Å². The van der Waals surface area contributed by atoms with Gasteiger partial charge in [0.05, 0.1) is 12.1 Å². The molecular weight excluding hydrogens is 264 g/mol. The molecule has 1 aromatic rings. The van der Waals surface area contributed by atoms with Gasteiger partial charge in [-0.3, -0.25) is 9.59 Å². The minimum Gasteiger partial charge on any atom is -0.273 e. The Hall–Kier alpha value is -2.02. The highest BCUT2D eigenvalue weighted by Crippen LogP contribution is 2.13. The van der Waals surface area contributed by atoms with Gasteiger partial charge in [0, 0.05) is 17.0 Å². The van der Waals surface area contributed by atoms with Crippen LogP contribution in [0.5, 0.6) is 0 Å². The first kappa shape index (κ1) is 13.4. The summed E-state index contributed by atoms with van der Waals surface area (Å²) in [6, 6.07) is 3.82. The Morgan fingerprint density at radius 2 is 2.53 bits per heavy atom. The van der Waals surface area contributed by atoms with Crippen LogP contribution in [-0.4, -0.2) is 23.7 Å². The van der Waals surface area contributed by atoms with Gasteiger partial charge in [0.1, 0.15) is 0 Å². The molecule has 1 atom stereocenters. The van der Waals surface area contributed by atoms with Crippen LogP contribution < -0.4 is 10.9 Å². The van der Waals surface area contributed by atoms with Crippen molar-refractivity contribution in [3.63, 3.8) is 0 Å². The molecule has 0 saturated carbocycles. The van der Waals surface area contributed by atoms with Gasteiger partial charge < -0.3 is 0 Å². The minimum atomic E-state index is -0.299. The van der Waals surface area contributed by atoms with E-state index in [0.717, 1.165) is 10.6 Å². The molecule has 2 heterocycles. The van der Waals surface area contributed by atoms with Crippen molar-refractivity contribution >= 4 is 35.1 Å². The summed E-state index contributed by atoms with van der Waals surface area (Å²) < 4.78 is 0. The topological polar surface area (TPSA) is 82.9 Å². The fraction of sp³-hybridized carbons (Fsp3) is 0.333. The highest BCUT2D eigenvalue weighted by atomic mass is 32.1.